The molecule has 0 bridgehead atoms. The molecule has 3 aliphatic rings. The minimum absolute atomic E-state index is 0.0629. The van der Waals surface area contributed by atoms with Crippen LogP contribution < -0.4 is 5.32 Å². The largest absolute Gasteiger partial charge is 0.349 e. The molecule has 3 amide bonds. The molecule has 186 valence electrons. The zero-order chi connectivity index (χ0) is 25.2. The molecule has 1 aliphatic carbocycles. The smallest absolute Gasteiger partial charge is 0.250 e. The van der Waals surface area contributed by atoms with Crippen LogP contribution in [0.4, 0.5) is 0 Å². The predicted molar refractivity (Wildman–Crippen MR) is 134 cm³/mol. The fraction of sp³-hybridized carbons (Fsp3) is 0.519. The lowest BCUT2D eigenvalue weighted by Gasteiger charge is -2.48. The van der Waals surface area contributed by atoms with E-state index >= 15 is 0 Å². The Bertz CT molecular complexity index is 1070. The van der Waals surface area contributed by atoms with Gasteiger partial charge in [-0.2, -0.15) is 4.99 Å². The molecule has 8 nitrogen and oxygen atoms in total. The Labute approximate surface area is 207 Å². The lowest BCUT2D eigenvalue weighted by Crippen LogP contribution is -2.64. The number of allylic oxidation sites excluding steroid dienone is 2. The van der Waals surface area contributed by atoms with Crippen LogP contribution in [0.5, 0.6) is 0 Å². The maximum absolute atomic E-state index is 14.6. The predicted octanol–water partition coefficient (Wildman–Crippen LogP) is 3.67. The summed E-state index contributed by atoms with van der Waals surface area (Å²) in [7, 11) is 0. The molecule has 0 unspecified atom stereocenters. The normalized spacial score (nSPS) is 23.4. The Hall–Kier alpha value is -3.29. The second kappa shape index (κ2) is 9.76. The number of rotatable bonds is 5. The summed E-state index contributed by atoms with van der Waals surface area (Å²) in [6.07, 6.45) is 13.4. The molecule has 2 atom stereocenters. The van der Waals surface area contributed by atoms with E-state index in [1.165, 1.54) is 0 Å². The SMILES string of the molecule is CC(C)(C)NC(=O)[C@@H](c1ccccn1)N(C(=O)[C@]1(C)CC(=O)N=C2C=CC=CN21)C1CCCCC1. The Balaban J connectivity index is 1.82. The number of amides is 3. The average molecular weight is 478 g/mol. The number of carbonyl (C=O) groups is 3. The zero-order valence-electron chi connectivity index (χ0n) is 21.0. The Morgan fingerprint density at radius 1 is 1.17 bits per heavy atom. The number of hydrogen-bond acceptors (Lipinski definition) is 5. The van der Waals surface area contributed by atoms with Crippen molar-refractivity contribution in [2.24, 2.45) is 4.99 Å². The molecule has 1 aromatic heterocycles. The highest BCUT2D eigenvalue weighted by Crippen LogP contribution is 2.37. The molecule has 0 radical (unpaired) electrons. The van der Waals surface area contributed by atoms with Gasteiger partial charge in [0.15, 0.2) is 6.04 Å². The van der Waals surface area contributed by atoms with Crippen LogP contribution in [0.2, 0.25) is 0 Å². The fourth-order valence-corrected chi connectivity index (χ4v) is 5.18. The van der Waals surface area contributed by atoms with E-state index in [1.807, 2.05) is 32.9 Å². The van der Waals surface area contributed by atoms with E-state index < -0.39 is 17.1 Å². The molecular formula is C27H35N5O3. The van der Waals surface area contributed by atoms with E-state index in [1.54, 1.807) is 53.4 Å². The van der Waals surface area contributed by atoms with Crippen LogP contribution >= 0.6 is 0 Å². The van der Waals surface area contributed by atoms with Gasteiger partial charge in [0.25, 0.3) is 5.91 Å². The van der Waals surface area contributed by atoms with Gasteiger partial charge in [-0.3, -0.25) is 19.4 Å². The summed E-state index contributed by atoms with van der Waals surface area (Å²) in [6.45, 7) is 7.53. The van der Waals surface area contributed by atoms with Crippen LogP contribution in [0.3, 0.4) is 0 Å². The molecule has 4 rings (SSSR count). The second-order valence-corrected chi connectivity index (χ2v) is 10.8. The van der Waals surface area contributed by atoms with Crippen molar-refractivity contribution in [3.8, 4) is 0 Å². The van der Waals surface area contributed by atoms with Crippen molar-refractivity contribution < 1.29 is 14.4 Å². The Morgan fingerprint density at radius 2 is 1.91 bits per heavy atom. The third kappa shape index (κ3) is 5.21. The summed E-state index contributed by atoms with van der Waals surface area (Å²) >= 11 is 0. The molecule has 0 spiro atoms. The number of pyridine rings is 1. The molecule has 1 saturated carbocycles. The zero-order valence-corrected chi connectivity index (χ0v) is 21.0. The monoisotopic (exact) mass is 477 g/mol. The van der Waals surface area contributed by atoms with Gasteiger partial charge in [0, 0.05) is 24.0 Å². The third-order valence-corrected chi connectivity index (χ3v) is 6.76. The Kier molecular flexibility index (Phi) is 6.92. The molecule has 1 N–H and O–H groups in total. The van der Waals surface area contributed by atoms with Crippen LogP contribution in [0.15, 0.2) is 53.8 Å². The van der Waals surface area contributed by atoms with Gasteiger partial charge in [0.05, 0.1) is 12.1 Å². The van der Waals surface area contributed by atoms with E-state index in [-0.39, 0.29) is 30.2 Å². The van der Waals surface area contributed by atoms with Gasteiger partial charge in [-0.05, 0) is 64.8 Å². The minimum atomic E-state index is -1.21. The molecule has 2 aliphatic heterocycles. The van der Waals surface area contributed by atoms with E-state index in [2.05, 4.69) is 15.3 Å². The summed E-state index contributed by atoms with van der Waals surface area (Å²) in [5, 5.41) is 3.07. The highest BCUT2D eigenvalue weighted by atomic mass is 16.2. The minimum Gasteiger partial charge on any atom is -0.349 e. The number of nitrogens with one attached hydrogen (secondary N) is 1. The van der Waals surface area contributed by atoms with E-state index in [0.29, 0.717) is 11.5 Å². The van der Waals surface area contributed by atoms with Crippen molar-refractivity contribution in [3.63, 3.8) is 0 Å². The Morgan fingerprint density at radius 3 is 2.57 bits per heavy atom. The summed E-state index contributed by atoms with van der Waals surface area (Å²) < 4.78 is 0. The van der Waals surface area contributed by atoms with Crippen molar-refractivity contribution >= 4 is 23.6 Å². The van der Waals surface area contributed by atoms with Crippen LogP contribution in [-0.2, 0) is 14.4 Å². The van der Waals surface area contributed by atoms with Gasteiger partial charge < -0.3 is 15.1 Å². The summed E-state index contributed by atoms with van der Waals surface area (Å²) in [5.41, 5.74) is -1.18. The van der Waals surface area contributed by atoms with Crippen LogP contribution in [0.25, 0.3) is 0 Å². The number of aromatic nitrogens is 1. The van der Waals surface area contributed by atoms with Gasteiger partial charge in [-0.15, -0.1) is 0 Å². The number of hydrogen-bond donors (Lipinski definition) is 1. The van der Waals surface area contributed by atoms with Gasteiger partial charge in [0.1, 0.15) is 11.4 Å². The molecule has 1 fully saturated rings. The molecule has 1 aromatic rings. The van der Waals surface area contributed by atoms with Gasteiger partial charge >= 0.3 is 0 Å². The number of nitrogens with zero attached hydrogens (tertiary/aromatic N) is 4. The van der Waals surface area contributed by atoms with Crippen molar-refractivity contribution in [1.29, 1.82) is 0 Å². The first kappa shape index (κ1) is 24.8. The van der Waals surface area contributed by atoms with Crippen LogP contribution in [0.1, 0.15) is 78.0 Å². The maximum atomic E-state index is 14.6. The average Bonchev–Trinajstić information content (AvgIpc) is 2.82. The van der Waals surface area contributed by atoms with Gasteiger partial charge in [-0.25, -0.2) is 0 Å². The lowest BCUT2D eigenvalue weighted by atomic mass is 9.86. The number of carbonyl (C=O) groups excluding carboxylic acids is 3. The van der Waals surface area contributed by atoms with E-state index in [0.717, 1.165) is 32.1 Å². The number of amidine groups is 1. The van der Waals surface area contributed by atoms with Crippen LogP contribution in [-0.4, -0.2) is 55.5 Å². The first-order chi connectivity index (χ1) is 16.6. The number of fused-ring (bicyclic) bond motifs is 1. The standard InChI is InChI=1S/C27H35N5O3/c1-26(2,3)30-24(34)23(20-14-8-10-16-28-20)32(19-12-6-5-7-13-19)25(35)27(4)18-22(33)29-21-15-9-11-17-31(21)27/h8-11,14-17,19,23H,5-7,12-13,18H2,1-4H3,(H,30,34)/t23-,27+/m1/s1. The fourth-order valence-electron chi connectivity index (χ4n) is 5.18. The first-order valence-corrected chi connectivity index (χ1v) is 12.4. The van der Waals surface area contributed by atoms with Crippen molar-refractivity contribution in [3.05, 3.63) is 54.5 Å². The topological polar surface area (TPSA) is 95.0 Å². The van der Waals surface area contributed by atoms with Gasteiger partial charge in [-0.1, -0.05) is 31.4 Å². The molecule has 8 heteroatoms. The lowest BCUT2D eigenvalue weighted by molar-refractivity contribution is -0.154. The quantitative estimate of drug-likeness (QED) is 0.698. The summed E-state index contributed by atoms with van der Waals surface area (Å²) in [5.74, 6) is -0.436. The van der Waals surface area contributed by atoms with Gasteiger partial charge in [0.2, 0.25) is 11.8 Å². The highest BCUT2D eigenvalue weighted by molar-refractivity contribution is 6.10. The molecule has 3 heterocycles. The molecule has 35 heavy (non-hydrogen) atoms. The maximum Gasteiger partial charge on any atom is 0.250 e. The van der Waals surface area contributed by atoms with Crippen molar-refractivity contribution in [1.82, 2.24) is 20.1 Å². The highest BCUT2D eigenvalue weighted by Gasteiger charge is 2.51. The van der Waals surface area contributed by atoms with E-state index in [9.17, 15) is 14.4 Å². The van der Waals surface area contributed by atoms with Crippen molar-refractivity contribution in [2.75, 3.05) is 0 Å². The number of aliphatic imine (C=N–C) groups is 1. The molecular weight excluding hydrogens is 442 g/mol. The summed E-state index contributed by atoms with van der Waals surface area (Å²) in [4.78, 5) is 53.2. The van der Waals surface area contributed by atoms with Crippen LogP contribution in [0, 0.1) is 0 Å². The first-order valence-electron chi connectivity index (χ1n) is 12.4. The molecule has 0 aromatic carbocycles. The van der Waals surface area contributed by atoms with E-state index in [4.69, 9.17) is 0 Å². The third-order valence-electron chi connectivity index (χ3n) is 6.76. The van der Waals surface area contributed by atoms with Crippen molar-refractivity contribution in [2.45, 2.75) is 89.4 Å². The second-order valence-electron chi connectivity index (χ2n) is 10.8. The summed E-state index contributed by atoms with van der Waals surface area (Å²) in [6, 6.07) is 4.37. The molecule has 0 saturated heterocycles.